The van der Waals surface area contributed by atoms with E-state index in [0.717, 1.165) is 0 Å². The van der Waals surface area contributed by atoms with Crippen molar-refractivity contribution in [2.45, 2.75) is 6.92 Å². The van der Waals surface area contributed by atoms with Gasteiger partial charge in [-0.05, 0) is 12.1 Å². The molecular formula is C10H12ClFO2. The molecule has 0 bridgehead atoms. The van der Waals surface area contributed by atoms with Crippen molar-refractivity contribution in [3.05, 3.63) is 29.0 Å². The molecule has 0 amide bonds. The van der Waals surface area contributed by atoms with Crippen molar-refractivity contribution >= 4 is 11.6 Å². The lowest BCUT2D eigenvalue weighted by atomic mass is 10.2. The smallest absolute Gasteiger partial charge is 0.142 e. The van der Waals surface area contributed by atoms with Crippen molar-refractivity contribution < 1.29 is 14.2 Å². The van der Waals surface area contributed by atoms with Crippen LogP contribution in [0.3, 0.4) is 0 Å². The van der Waals surface area contributed by atoms with Crippen LogP contribution < -0.4 is 4.74 Å². The lowest BCUT2D eigenvalue weighted by Gasteiger charge is -2.10. The molecule has 4 heteroatoms. The molecule has 0 aliphatic heterocycles. The predicted octanol–water partition coefficient (Wildman–Crippen LogP) is 2.49. The Balaban J connectivity index is 2.55. The highest BCUT2D eigenvalue weighted by Crippen LogP contribution is 2.21. The van der Waals surface area contributed by atoms with Crippen LogP contribution in [0.25, 0.3) is 0 Å². The van der Waals surface area contributed by atoms with E-state index in [-0.39, 0.29) is 17.5 Å². The Morgan fingerprint density at radius 1 is 1.57 bits per heavy atom. The first-order valence-electron chi connectivity index (χ1n) is 4.32. The zero-order chi connectivity index (χ0) is 10.6. The van der Waals surface area contributed by atoms with Crippen LogP contribution in [0.15, 0.2) is 18.2 Å². The molecule has 78 valence electrons. The van der Waals surface area contributed by atoms with Gasteiger partial charge in [-0.15, -0.1) is 0 Å². The number of hydrogen-bond acceptors (Lipinski definition) is 2. The zero-order valence-corrected chi connectivity index (χ0v) is 8.59. The van der Waals surface area contributed by atoms with Gasteiger partial charge < -0.3 is 9.84 Å². The van der Waals surface area contributed by atoms with Crippen molar-refractivity contribution in [3.63, 3.8) is 0 Å². The quantitative estimate of drug-likeness (QED) is 0.842. The molecule has 14 heavy (non-hydrogen) atoms. The molecule has 0 saturated carbocycles. The van der Waals surface area contributed by atoms with Crippen LogP contribution in [0.5, 0.6) is 5.75 Å². The van der Waals surface area contributed by atoms with E-state index in [2.05, 4.69) is 0 Å². The second-order valence-electron chi connectivity index (χ2n) is 3.17. The highest BCUT2D eigenvalue weighted by Gasteiger charge is 2.04. The van der Waals surface area contributed by atoms with Gasteiger partial charge in [-0.25, -0.2) is 4.39 Å². The summed E-state index contributed by atoms with van der Waals surface area (Å²) in [7, 11) is 0. The van der Waals surface area contributed by atoms with Gasteiger partial charge in [-0.3, -0.25) is 0 Å². The molecule has 1 unspecified atom stereocenters. The summed E-state index contributed by atoms with van der Waals surface area (Å²) < 4.78 is 18.0. The average molecular weight is 219 g/mol. The van der Waals surface area contributed by atoms with Crippen LogP contribution in [-0.2, 0) is 0 Å². The van der Waals surface area contributed by atoms with E-state index in [4.69, 9.17) is 21.4 Å². The maximum atomic E-state index is 12.7. The molecule has 1 N–H and O–H groups in total. The molecule has 0 radical (unpaired) electrons. The lowest BCUT2D eigenvalue weighted by Crippen LogP contribution is -2.12. The van der Waals surface area contributed by atoms with Crippen LogP contribution in [0.4, 0.5) is 4.39 Å². The molecule has 0 aliphatic carbocycles. The van der Waals surface area contributed by atoms with Crippen LogP contribution in [-0.4, -0.2) is 18.3 Å². The summed E-state index contributed by atoms with van der Waals surface area (Å²) in [5, 5.41) is 8.79. The molecule has 1 rings (SSSR count). The van der Waals surface area contributed by atoms with Crippen LogP contribution in [0, 0.1) is 11.7 Å². The summed E-state index contributed by atoms with van der Waals surface area (Å²) >= 11 is 5.56. The van der Waals surface area contributed by atoms with Crippen molar-refractivity contribution in [1.82, 2.24) is 0 Å². The molecule has 0 aromatic heterocycles. The van der Waals surface area contributed by atoms with Gasteiger partial charge in [-0.2, -0.15) is 0 Å². The summed E-state index contributed by atoms with van der Waals surface area (Å²) in [6, 6.07) is 4.17. The Morgan fingerprint density at radius 2 is 2.29 bits per heavy atom. The van der Waals surface area contributed by atoms with E-state index in [1.807, 2.05) is 6.92 Å². The second kappa shape index (κ2) is 5.17. The monoisotopic (exact) mass is 218 g/mol. The number of halogens is 2. The van der Waals surface area contributed by atoms with Crippen LogP contribution >= 0.6 is 11.6 Å². The van der Waals surface area contributed by atoms with Gasteiger partial charge in [-0.1, -0.05) is 18.5 Å². The molecule has 0 aliphatic rings. The first-order valence-corrected chi connectivity index (χ1v) is 4.70. The first-order chi connectivity index (χ1) is 6.63. The van der Waals surface area contributed by atoms with Gasteiger partial charge in [0.25, 0.3) is 0 Å². The molecule has 2 nitrogen and oxygen atoms in total. The minimum atomic E-state index is -0.464. The zero-order valence-electron chi connectivity index (χ0n) is 7.84. The molecule has 0 spiro atoms. The number of rotatable bonds is 4. The van der Waals surface area contributed by atoms with Gasteiger partial charge >= 0.3 is 0 Å². The highest BCUT2D eigenvalue weighted by molar-refractivity contribution is 6.30. The molecule has 1 aromatic carbocycles. The average Bonchev–Trinajstić information content (AvgIpc) is 2.19. The highest BCUT2D eigenvalue weighted by atomic mass is 35.5. The third kappa shape index (κ3) is 3.16. The molecule has 0 fully saturated rings. The van der Waals surface area contributed by atoms with Crippen molar-refractivity contribution in [3.8, 4) is 5.75 Å². The number of aliphatic hydroxyl groups is 1. The van der Waals surface area contributed by atoms with Gasteiger partial charge in [0, 0.05) is 18.6 Å². The molecular weight excluding hydrogens is 207 g/mol. The number of aliphatic hydroxyl groups excluding tert-OH is 1. The first kappa shape index (κ1) is 11.3. The van der Waals surface area contributed by atoms with E-state index in [1.165, 1.54) is 18.2 Å². The maximum absolute atomic E-state index is 12.7. The van der Waals surface area contributed by atoms with Gasteiger partial charge in [0.05, 0.1) is 11.6 Å². The minimum Gasteiger partial charge on any atom is -0.493 e. The van der Waals surface area contributed by atoms with E-state index in [9.17, 15) is 4.39 Å². The Labute approximate surface area is 87.3 Å². The largest absolute Gasteiger partial charge is 0.493 e. The van der Waals surface area contributed by atoms with Crippen LogP contribution in [0.1, 0.15) is 6.92 Å². The summed E-state index contributed by atoms with van der Waals surface area (Å²) in [5.74, 6) is 0.102. The van der Waals surface area contributed by atoms with Gasteiger partial charge in [0.1, 0.15) is 11.6 Å². The second-order valence-corrected chi connectivity index (χ2v) is 3.58. The van der Waals surface area contributed by atoms with Crippen molar-refractivity contribution in [1.29, 1.82) is 0 Å². The summed E-state index contributed by atoms with van der Waals surface area (Å²) in [4.78, 5) is 0. The number of hydrogen-bond donors (Lipinski definition) is 1. The van der Waals surface area contributed by atoms with E-state index < -0.39 is 5.82 Å². The number of benzene rings is 1. The predicted molar refractivity (Wildman–Crippen MR) is 53.2 cm³/mol. The molecule has 1 aromatic rings. The Kier molecular flexibility index (Phi) is 4.17. The summed E-state index contributed by atoms with van der Waals surface area (Å²) in [6.07, 6.45) is 0. The lowest BCUT2D eigenvalue weighted by molar-refractivity contribution is 0.174. The van der Waals surface area contributed by atoms with Crippen molar-refractivity contribution in [2.24, 2.45) is 5.92 Å². The normalized spacial score (nSPS) is 12.6. The third-order valence-corrected chi connectivity index (χ3v) is 2.03. The van der Waals surface area contributed by atoms with Gasteiger partial charge in [0.2, 0.25) is 0 Å². The van der Waals surface area contributed by atoms with Gasteiger partial charge in [0.15, 0.2) is 0 Å². The molecule has 0 saturated heterocycles. The topological polar surface area (TPSA) is 29.5 Å². The van der Waals surface area contributed by atoms with E-state index >= 15 is 0 Å². The number of ether oxygens (including phenoxy) is 1. The summed E-state index contributed by atoms with van der Waals surface area (Å²) in [6.45, 7) is 2.30. The maximum Gasteiger partial charge on any atom is 0.142 e. The standard InChI is InChI=1S/C10H12ClFO2/c1-7(5-13)6-14-8-2-3-10(12)9(11)4-8/h2-4,7,13H,5-6H2,1H3. The Morgan fingerprint density at radius 3 is 2.86 bits per heavy atom. The Bertz CT molecular complexity index is 304. The molecule has 0 heterocycles. The SMILES string of the molecule is CC(CO)COc1ccc(F)c(Cl)c1. The Hall–Kier alpha value is -0.800. The minimum absolute atomic E-state index is 0.0409. The fourth-order valence-electron chi connectivity index (χ4n) is 0.858. The molecule has 1 atom stereocenters. The summed E-state index contributed by atoms with van der Waals surface area (Å²) in [5.41, 5.74) is 0. The third-order valence-electron chi connectivity index (χ3n) is 1.74. The van der Waals surface area contributed by atoms with E-state index in [1.54, 1.807) is 0 Å². The van der Waals surface area contributed by atoms with Crippen LogP contribution in [0.2, 0.25) is 5.02 Å². The van der Waals surface area contributed by atoms with Crippen molar-refractivity contribution in [2.75, 3.05) is 13.2 Å². The fraction of sp³-hybridized carbons (Fsp3) is 0.400. The van der Waals surface area contributed by atoms with E-state index in [0.29, 0.717) is 12.4 Å². The fourth-order valence-corrected chi connectivity index (χ4v) is 1.03.